The summed E-state index contributed by atoms with van der Waals surface area (Å²) in [6.45, 7) is 0.531. The smallest absolute Gasteiger partial charge is 0.326 e. The van der Waals surface area contributed by atoms with Gasteiger partial charge in [0.1, 0.15) is 5.75 Å². The fourth-order valence-electron chi connectivity index (χ4n) is 2.31. The maximum absolute atomic E-state index is 12.3. The van der Waals surface area contributed by atoms with Gasteiger partial charge in [0.25, 0.3) is 0 Å². The lowest BCUT2D eigenvalue weighted by Crippen LogP contribution is -2.43. The first-order valence-electron chi connectivity index (χ1n) is 6.76. The molecule has 1 heterocycles. The predicted molar refractivity (Wildman–Crippen MR) is 83.3 cm³/mol. The largest absolute Gasteiger partial charge is 0.497 e. The average molecular weight is 280 g/mol. The topological polar surface area (TPSA) is 41.6 Å². The van der Waals surface area contributed by atoms with Crippen molar-refractivity contribution in [2.75, 3.05) is 18.6 Å². The Morgan fingerprint density at radius 3 is 2.62 bits per heavy atom. The molecule has 21 heavy (non-hydrogen) atoms. The molecule has 0 atom stereocenters. The highest BCUT2D eigenvalue weighted by Gasteiger charge is 2.21. The lowest BCUT2D eigenvalue weighted by Gasteiger charge is -2.27. The lowest BCUT2D eigenvalue weighted by atomic mass is 10.1. The van der Waals surface area contributed by atoms with E-state index >= 15 is 0 Å². The quantitative estimate of drug-likeness (QED) is 0.937. The molecular weight excluding hydrogens is 264 g/mol. The van der Waals surface area contributed by atoms with Gasteiger partial charge in [0.15, 0.2) is 0 Å². The Bertz CT molecular complexity index is 680. The second kappa shape index (κ2) is 5.71. The van der Waals surface area contributed by atoms with Crippen LogP contribution < -0.4 is 15.0 Å². The summed E-state index contributed by atoms with van der Waals surface area (Å²) >= 11 is 0. The van der Waals surface area contributed by atoms with Crippen LogP contribution in [0.15, 0.2) is 60.7 Å². The third-order valence-electron chi connectivity index (χ3n) is 3.41. The van der Waals surface area contributed by atoms with Crippen LogP contribution >= 0.6 is 0 Å². The highest BCUT2D eigenvalue weighted by atomic mass is 16.5. The van der Waals surface area contributed by atoms with Crippen LogP contribution in [0.25, 0.3) is 5.70 Å². The average Bonchev–Trinajstić information content (AvgIpc) is 2.55. The molecule has 2 aromatic rings. The third kappa shape index (κ3) is 2.74. The van der Waals surface area contributed by atoms with E-state index in [0.29, 0.717) is 6.54 Å². The zero-order valence-electron chi connectivity index (χ0n) is 11.7. The van der Waals surface area contributed by atoms with E-state index in [1.807, 2.05) is 60.7 Å². The Morgan fingerprint density at radius 1 is 1.10 bits per heavy atom. The van der Waals surface area contributed by atoms with E-state index in [2.05, 4.69) is 5.32 Å². The maximum Gasteiger partial charge on any atom is 0.326 e. The number of benzene rings is 2. The van der Waals surface area contributed by atoms with Crippen LogP contribution in [0.5, 0.6) is 5.75 Å². The zero-order chi connectivity index (χ0) is 14.7. The summed E-state index contributed by atoms with van der Waals surface area (Å²) in [5.41, 5.74) is 2.67. The minimum absolute atomic E-state index is 0.135. The Kier molecular flexibility index (Phi) is 3.60. The van der Waals surface area contributed by atoms with E-state index in [-0.39, 0.29) is 6.03 Å². The molecule has 1 N–H and O–H groups in total. The molecule has 0 bridgehead atoms. The number of carbonyl (C=O) groups is 1. The molecule has 0 saturated heterocycles. The second-order valence-corrected chi connectivity index (χ2v) is 4.73. The van der Waals surface area contributed by atoms with Gasteiger partial charge in [-0.15, -0.1) is 0 Å². The van der Waals surface area contributed by atoms with Crippen molar-refractivity contribution in [2.24, 2.45) is 0 Å². The van der Waals surface area contributed by atoms with Crippen molar-refractivity contribution >= 4 is 17.4 Å². The molecule has 0 aliphatic carbocycles. The number of rotatable bonds is 3. The molecule has 1 aliphatic heterocycles. The number of carbonyl (C=O) groups excluding carboxylic acids is 1. The number of hydrogen-bond donors (Lipinski definition) is 1. The molecule has 0 unspecified atom stereocenters. The molecule has 0 spiro atoms. The highest BCUT2D eigenvalue weighted by Crippen LogP contribution is 2.24. The maximum atomic E-state index is 12.3. The monoisotopic (exact) mass is 280 g/mol. The van der Waals surface area contributed by atoms with Gasteiger partial charge in [-0.3, -0.25) is 4.90 Å². The molecule has 4 heteroatoms. The predicted octanol–water partition coefficient (Wildman–Crippen LogP) is 3.27. The van der Waals surface area contributed by atoms with Gasteiger partial charge in [0, 0.05) is 24.0 Å². The normalized spacial score (nSPS) is 14.4. The minimum atomic E-state index is -0.135. The number of hydrogen-bond acceptors (Lipinski definition) is 2. The van der Waals surface area contributed by atoms with E-state index in [4.69, 9.17) is 4.74 Å². The summed E-state index contributed by atoms with van der Waals surface area (Å²) < 4.78 is 5.20. The van der Waals surface area contributed by atoms with Crippen LogP contribution in [0.3, 0.4) is 0 Å². The van der Waals surface area contributed by atoms with Gasteiger partial charge in [-0.2, -0.15) is 0 Å². The summed E-state index contributed by atoms with van der Waals surface area (Å²) in [6, 6.07) is 17.2. The Morgan fingerprint density at radius 2 is 1.90 bits per heavy atom. The summed E-state index contributed by atoms with van der Waals surface area (Å²) in [6.07, 6.45) is 2.01. The number of nitrogens with zero attached hydrogens (tertiary/aromatic N) is 1. The van der Waals surface area contributed by atoms with Gasteiger partial charge in [-0.25, -0.2) is 4.79 Å². The molecule has 1 aliphatic rings. The number of urea groups is 1. The Balaban J connectivity index is 1.85. The van der Waals surface area contributed by atoms with Crippen molar-refractivity contribution in [3.05, 3.63) is 66.2 Å². The van der Waals surface area contributed by atoms with E-state index in [1.54, 1.807) is 12.0 Å². The molecule has 4 nitrogen and oxygen atoms in total. The van der Waals surface area contributed by atoms with Gasteiger partial charge in [-0.05, 0) is 23.8 Å². The molecule has 0 aromatic heterocycles. The Labute approximate surface area is 123 Å². The highest BCUT2D eigenvalue weighted by molar-refractivity contribution is 6.00. The fourth-order valence-corrected chi connectivity index (χ4v) is 2.31. The van der Waals surface area contributed by atoms with Crippen LogP contribution in [0.1, 0.15) is 5.56 Å². The van der Waals surface area contributed by atoms with Gasteiger partial charge in [-0.1, -0.05) is 36.4 Å². The van der Waals surface area contributed by atoms with Gasteiger partial charge in [0.2, 0.25) is 0 Å². The first-order chi connectivity index (χ1) is 10.3. The molecule has 2 aromatic carbocycles. The van der Waals surface area contributed by atoms with Crippen LogP contribution in [-0.2, 0) is 0 Å². The molecule has 0 radical (unpaired) electrons. The first kappa shape index (κ1) is 13.2. The van der Waals surface area contributed by atoms with Gasteiger partial charge >= 0.3 is 6.03 Å². The number of nitrogens with one attached hydrogen (secondary N) is 1. The molecule has 2 amide bonds. The van der Waals surface area contributed by atoms with Crippen molar-refractivity contribution in [1.82, 2.24) is 5.32 Å². The summed E-state index contributed by atoms with van der Waals surface area (Å²) in [5.74, 6) is 0.734. The van der Waals surface area contributed by atoms with Gasteiger partial charge in [0.05, 0.1) is 7.11 Å². The first-order valence-corrected chi connectivity index (χ1v) is 6.76. The third-order valence-corrected chi connectivity index (χ3v) is 3.41. The molecule has 106 valence electrons. The van der Waals surface area contributed by atoms with E-state index < -0.39 is 0 Å². The van der Waals surface area contributed by atoms with Crippen molar-refractivity contribution < 1.29 is 9.53 Å². The van der Waals surface area contributed by atoms with Crippen LogP contribution in [0, 0.1) is 0 Å². The molecule has 0 fully saturated rings. The number of amides is 2. The molecule has 0 saturated carbocycles. The van der Waals surface area contributed by atoms with Crippen LogP contribution in [0.4, 0.5) is 10.5 Å². The van der Waals surface area contributed by atoms with Crippen LogP contribution in [-0.4, -0.2) is 19.7 Å². The SMILES string of the molecule is COc1cccc(N2CC=C(c3ccccc3)NC2=O)c1. The number of ether oxygens (including phenoxy) is 1. The zero-order valence-corrected chi connectivity index (χ0v) is 11.7. The van der Waals surface area contributed by atoms with Crippen molar-refractivity contribution in [1.29, 1.82) is 0 Å². The fraction of sp³-hybridized carbons (Fsp3) is 0.118. The Hall–Kier alpha value is -2.75. The van der Waals surface area contributed by atoms with Gasteiger partial charge < -0.3 is 10.1 Å². The van der Waals surface area contributed by atoms with Crippen LogP contribution in [0.2, 0.25) is 0 Å². The standard InChI is InChI=1S/C17H16N2O2/c1-21-15-9-5-8-14(12-15)19-11-10-16(18-17(19)20)13-6-3-2-4-7-13/h2-10,12H,11H2,1H3,(H,18,20). The summed E-state index contributed by atoms with van der Waals surface area (Å²) in [4.78, 5) is 14.0. The lowest BCUT2D eigenvalue weighted by molar-refractivity contribution is 0.250. The minimum Gasteiger partial charge on any atom is -0.497 e. The van der Waals surface area contributed by atoms with E-state index in [1.165, 1.54) is 0 Å². The number of methoxy groups -OCH3 is 1. The van der Waals surface area contributed by atoms with E-state index in [9.17, 15) is 4.79 Å². The summed E-state index contributed by atoms with van der Waals surface area (Å²) in [7, 11) is 1.61. The molecule has 3 rings (SSSR count). The summed E-state index contributed by atoms with van der Waals surface area (Å²) in [5, 5.41) is 2.93. The van der Waals surface area contributed by atoms with Crippen molar-refractivity contribution in [3.8, 4) is 5.75 Å². The van der Waals surface area contributed by atoms with Crippen molar-refractivity contribution in [3.63, 3.8) is 0 Å². The van der Waals surface area contributed by atoms with E-state index in [0.717, 1.165) is 22.7 Å². The van der Waals surface area contributed by atoms with Crippen molar-refractivity contribution in [2.45, 2.75) is 0 Å². The second-order valence-electron chi connectivity index (χ2n) is 4.73. The number of anilines is 1. The molecular formula is C17H16N2O2.